The van der Waals surface area contributed by atoms with Crippen molar-refractivity contribution in [1.82, 2.24) is 5.32 Å². The van der Waals surface area contributed by atoms with E-state index in [-0.39, 0.29) is 12.5 Å². The Hall–Kier alpha value is -0.360. The largest absolute Gasteiger partial charge is 0.480 e. The molecule has 1 aliphatic heterocycles. The predicted octanol–water partition coefficient (Wildman–Crippen LogP) is 1.90. The normalized spacial score (nSPS) is 19.6. The van der Waals surface area contributed by atoms with Crippen LogP contribution in [0.25, 0.3) is 0 Å². The van der Waals surface area contributed by atoms with Crippen LogP contribution in [0.1, 0.15) is 32.1 Å². The highest BCUT2D eigenvalue weighted by Gasteiger charge is 2.15. The molecule has 1 saturated heterocycles. The number of carbonyl (C=O) groups is 2. The molecule has 0 saturated carbocycles. The molecule has 0 aromatic carbocycles. The van der Waals surface area contributed by atoms with Crippen LogP contribution in [-0.4, -0.2) is 34.5 Å². The lowest BCUT2D eigenvalue weighted by Crippen LogP contribution is -2.28. The van der Waals surface area contributed by atoms with E-state index >= 15 is 0 Å². The lowest BCUT2D eigenvalue weighted by Gasteiger charge is -2.06. The SMILES string of the molecule is O=C(O)CNC(=O)CCCCC1CCSS1. The molecule has 0 aliphatic carbocycles. The number of aliphatic carboxylic acids is 1. The molecule has 1 rings (SSSR count). The van der Waals surface area contributed by atoms with Crippen molar-refractivity contribution < 1.29 is 14.7 Å². The van der Waals surface area contributed by atoms with Gasteiger partial charge in [0, 0.05) is 17.4 Å². The highest BCUT2D eigenvalue weighted by atomic mass is 33.1. The lowest BCUT2D eigenvalue weighted by atomic mass is 10.1. The van der Waals surface area contributed by atoms with Gasteiger partial charge >= 0.3 is 5.97 Å². The van der Waals surface area contributed by atoms with Crippen LogP contribution in [-0.2, 0) is 9.59 Å². The van der Waals surface area contributed by atoms with Crippen molar-refractivity contribution in [1.29, 1.82) is 0 Å². The van der Waals surface area contributed by atoms with Crippen molar-refractivity contribution in [2.45, 2.75) is 37.4 Å². The van der Waals surface area contributed by atoms with E-state index in [4.69, 9.17) is 5.11 Å². The molecule has 1 atom stereocenters. The Morgan fingerprint density at radius 3 is 2.81 bits per heavy atom. The molecule has 1 aliphatic rings. The highest BCUT2D eigenvalue weighted by Crippen LogP contribution is 2.39. The third-order valence-corrected chi connectivity index (χ3v) is 5.35. The fraction of sp³-hybridized carbons (Fsp3) is 0.800. The monoisotopic (exact) mass is 263 g/mol. The van der Waals surface area contributed by atoms with Crippen LogP contribution in [0, 0.1) is 0 Å². The maximum atomic E-state index is 11.2. The Kier molecular flexibility index (Phi) is 6.71. The van der Waals surface area contributed by atoms with E-state index in [1.54, 1.807) is 0 Å². The van der Waals surface area contributed by atoms with Crippen LogP contribution >= 0.6 is 21.6 Å². The first-order chi connectivity index (χ1) is 7.68. The fourth-order valence-corrected chi connectivity index (χ4v) is 4.51. The number of carboxylic acid groups (broad SMARTS) is 1. The van der Waals surface area contributed by atoms with Crippen molar-refractivity contribution in [2.24, 2.45) is 0 Å². The van der Waals surface area contributed by atoms with Crippen molar-refractivity contribution in [3.8, 4) is 0 Å². The summed E-state index contributed by atoms with van der Waals surface area (Å²) in [6, 6.07) is 0. The van der Waals surface area contributed by atoms with Crippen LogP contribution in [0.4, 0.5) is 0 Å². The lowest BCUT2D eigenvalue weighted by molar-refractivity contribution is -0.137. The summed E-state index contributed by atoms with van der Waals surface area (Å²) >= 11 is 0. The van der Waals surface area contributed by atoms with E-state index in [1.807, 2.05) is 21.6 Å². The van der Waals surface area contributed by atoms with Gasteiger partial charge in [-0.2, -0.15) is 0 Å². The van der Waals surface area contributed by atoms with E-state index < -0.39 is 5.97 Å². The predicted molar refractivity (Wildman–Crippen MR) is 67.6 cm³/mol. The average Bonchev–Trinajstić information content (AvgIpc) is 2.74. The minimum absolute atomic E-state index is 0.157. The molecule has 16 heavy (non-hydrogen) atoms. The molecule has 1 unspecified atom stereocenters. The van der Waals surface area contributed by atoms with Crippen LogP contribution in [0.15, 0.2) is 0 Å². The average molecular weight is 263 g/mol. The number of unbranched alkanes of at least 4 members (excludes halogenated alkanes) is 1. The third kappa shape index (κ3) is 6.27. The highest BCUT2D eigenvalue weighted by molar-refractivity contribution is 8.77. The molecular formula is C10H17NO3S2. The molecule has 1 fully saturated rings. The van der Waals surface area contributed by atoms with Gasteiger partial charge in [0.2, 0.25) is 5.91 Å². The number of carbonyl (C=O) groups excluding carboxylic acids is 1. The van der Waals surface area contributed by atoms with Gasteiger partial charge in [-0.05, 0) is 19.3 Å². The molecule has 0 aromatic rings. The van der Waals surface area contributed by atoms with Gasteiger partial charge in [-0.3, -0.25) is 9.59 Å². The minimum atomic E-state index is -0.993. The zero-order valence-electron chi connectivity index (χ0n) is 9.11. The first-order valence-electron chi connectivity index (χ1n) is 5.45. The summed E-state index contributed by atoms with van der Waals surface area (Å²) in [6.07, 6.45) is 4.80. The second-order valence-corrected chi connectivity index (χ2v) is 6.53. The summed E-state index contributed by atoms with van der Waals surface area (Å²) in [5.41, 5.74) is 0. The molecule has 0 spiro atoms. The molecule has 2 N–H and O–H groups in total. The smallest absolute Gasteiger partial charge is 0.322 e. The molecule has 92 valence electrons. The molecule has 6 heteroatoms. The minimum Gasteiger partial charge on any atom is -0.480 e. The molecule has 4 nitrogen and oxygen atoms in total. The van der Waals surface area contributed by atoms with Gasteiger partial charge in [0.15, 0.2) is 0 Å². The third-order valence-electron chi connectivity index (χ3n) is 2.34. The van der Waals surface area contributed by atoms with Crippen LogP contribution in [0.3, 0.4) is 0 Å². The number of amides is 1. The quantitative estimate of drug-likeness (QED) is 0.542. The van der Waals surface area contributed by atoms with E-state index in [2.05, 4.69) is 5.32 Å². The first-order valence-corrected chi connectivity index (χ1v) is 7.83. The maximum Gasteiger partial charge on any atom is 0.322 e. The van der Waals surface area contributed by atoms with Gasteiger partial charge < -0.3 is 10.4 Å². The molecule has 1 heterocycles. The summed E-state index contributed by atoms with van der Waals surface area (Å²) in [6.45, 7) is -0.270. The fourth-order valence-electron chi connectivity index (χ4n) is 1.48. The van der Waals surface area contributed by atoms with E-state index in [9.17, 15) is 9.59 Å². The Labute approximate surface area is 103 Å². The van der Waals surface area contributed by atoms with Crippen molar-refractivity contribution >= 4 is 33.5 Å². The van der Waals surface area contributed by atoms with Crippen LogP contribution in [0.2, 0.25) is 0 Å². The Balaban J connectivity index is 1.93. The summed E-state index contributed by atoms with van der Waals surface area (Å²) in [4.78, 5) is 21.3. The Morgan fingerprint density at radius 1 is 1.38 bits per heavy atom. The number of nitrogens with one attached hydrogen (secondary N) is 1. The Bertz CT molecular complexity index is 242. The number of rotatable bonds is 7. The summed E-state index contributed by atoms with van der Waals surface area (Å²) in [5.74, 6) is 0.0950. The first kappa shape index (κ1) is 13.7. The number of hydrogen-bond donors (Lipinski definition) is 2. The molecule has 0 radical (unpaired) electrons. The van der Waals surface area contributed by atoms with E-state index in [0.717, 1.165) is 18.1 Å². The topological polar surface area (TPSA) is 66.4 Å². The molecule has 0 bridgehead atoms. The van der Waals surface area contributed by atoms with Gasteiger partial charge in [-0.1, -0.05) is 28.0 Å². The zero-order valence-corrected chi connectivity index (χ0v) is 10.7. The standard InChI is InChI=1S/C10H17NO3S2/c12-9(11-7-10(13)14)4-2-1-3-8-5-6-15-16-8/h8H,1-7H2,(H,11,12)(H,13,14). The van der Waals surface area contributed by atoms with E-state index in [0.29, 0.717) is 6.42 Å². The van der Waals surface area contributed by atoms with E-state index in [1.165, 1.54) is 18.6 Å². The van der Waals surface area contributed by atoms with Crippen molar-refractivity contribution in [3.63, 3.8) is 0 Å². The van der Waals surface area contributed by atoms with Gasteiger partial charge in [0.25, 0.3) is 0 Å². The van der Waals surface area contributed by atoms with Crippen molar-refractivity contribution in [2.75, 3.05) is 12.3 Å². The second kappa shape index (κ2) is 7.84. The van der Waals surface area contributed by atoms with Crippen LogP contribution < -0.4 is 5.32 Å². The number of carboxylic acids is 1. The molecule has 0 aromatic heterocycles. The second-order valence-electron chi connectivity index (χ2n) is 3.75. The van der Waals surface area contributed by atoms with Gasteiger partial charge in [-0.25, -0.2) is 0 Å². The summed E-state index contributed by atoms with van der Waals surface area (Å²) < 4.78 is 0. The molecule has 1 amide bonds. The van der Waals surface area contributed by atoms with Gasteiger partial charge in [-0.15, -0.1) is 0 Å². The van der Waals surface area contributed by atoms with Crippen LogP contribution in [0.5, 0.6) is 0 Å². The van der Waals surface area contributed by atoms with Gasteiger partial charge in [0.1, 0.15) is 6.54 Å². The Morgan fingerprint density at radius 2 is 2.19 bits per heavy atom. The summed E-state index contributed by atoms with van der Waals surface area (Å²) in [7, 11) is 3.88. The molecular weight excluding hydrogens is 246 g/mol. The summed E-state index contributed by atoms with van der Waals surface area (Å²) in [5, 5.41) is 11.5. The number of hydrogen-bond acceptors (Lipinski definition) is 4. The van der Waals surface area contributed by atoms with Gasteiger partial charge in [0.05, 0.1) is 0 Å². The maximum absolute atomic E-state index is 11.2. The van der Waals surface area contributed by atoms with Crippen molar-refractivity contribution in [3.05, 3.63) is 0 Å². The zero-order chi connectivity index (χ0) is 11.8.